The maximum atomic E-state index is 12.1. The van der Waals surface area contributed by atoms with Crippen LogP contribution in [0.25, 0.3) is 0 Å². The van der Waals surface area contributed by atoms with E-state index < -0.39 is 0 Å². The summed E-state index contributed by atoms with van der Waals surface area (Å²) in [6.45, 7) is 0. The Hall–Kier alpha value is -1.16. The van der Waals surface area contributed by atoms with Crippen molar-refractivity contribution in [2.24, 2.45) is 7.05 Å². The van der Waals surface area contributed by atoms with E-state index in [0.717, 1.165) is 19.3 Å². The van der Waals surface area contributed by atoms with Crippen molar-refractivity contribution in [2.75, 3.05) is 7.05 Å². The third kappa shape index (κ3) is 1.26. The summed E-state index contributed by atoms with van der Waals surface area (Å²) in [5.74, 6) is 0.131. The molecule has 1 aromatic heterocycles. The van der Waals surface area contributed by atoms with Crippen LogP contribution in [0.1, 0.15) is 29.8 Å². The van der Waals surface area contributed by atoms with Crippen molar-refractivity contribution in [3.8, 4) is 0 Å². The van der Waals surface area contributed by atoms with Crippen molar-refractivity contribution < 1.29 is 4.79 Å². The van der Waals surface area contributed by atoms with Crippen molar-refractivity contribution in [1.29, 1.82) is 0 Å². The number of hydrogen-bond donors (Lipinski definition) is 1. The minimum absolute atomic E-state index is 0.131. The molecule has 2 rings (SSSR count). The highest BCUT2D eigenvalue weighted by molar-refractivity contribution is 6.02. The first-order valence-electron chi connectivity index (χ1n) is 4.91. The monoisotopic (exact) mass is 193 g/mol. The molecular formula is C10H15N3O. The molecule has 1 heterocycles. The number of likely N-dealkylation sites (N-methyl/N-ethyl adjacent to an activating group) is 1. The number of nitrogens with one attached hydrogen (secondary N) is 1. The van der Waals surface area contributed by atoms with Crippen molar-refractivity contribution >= 4 is 5.78 Å². The van der Waals surface area contributed by atoms with E-state index >= 15 is 0 Å². The Labute approximate surface area is 83.3 Å². The molecule has 4 nitrogen and oxygen atoms in total. The predicted octanol–water partition coefficient (Wildman–Crippen LogP) is 0.745. The van der Waals surface area contributed by atoms with Crippen LogP contribution in [0, 0.1) is 0 Å². The third-order valence-corrected chi connectivity index (χ3v) is 3.07. The lowest BCUT2D eigenvalue weighted by Crippen LogP contribution is -2.55. The zero-order valence-corrected chi connectivity index (χ0v) is 8.58. The quantitative estimate of drug-likeness (QED) is 0.720. The van der Waals surface area contributed by atoms with Crippen LogP contribution >= 0.6 is 0 Å². The van der Waals surface area contributed by atoms with E-state index in [-0.39, 0.29) is 11.3 Å². The van der Waals surface area contributed by atoms with Crippen molar-refractivity contribution in [1.82, 2.24) is 15.1 Å². The normalized spacial score (nSPS) is 19.0. The van der Waals surface area contributed by atoms with E-state index in [2.05, 4.69) is 10.4 Å². The molecule has 1 aromatic rings. The molecule has 1 fully saturated rings. The Bertz CT molecular complexity index is 346. The Morgan fingerprint density at radius 1 is 1.64 bits per heavy atom. The number of carbonyl (C=O) groups is 1. The van der Waals surface area contributed by atoms with Gasteiger partial charge in [0, 0.05) is 13.2 Å². The summed E-state index contributed by atoms with van der Waals surface area (Å²) in [4.78, 5) is 12.1. The van der Waals surface area contributed by atoms with E-state index in [0.29, 0.717) is 5.69 Å². The minimum Gasteiger partial charge on any atom is -0.308 e. The molecule has 1 N–H and O–H groups in total. The van der Waals surface area contributed by atoms with E-state index in [1.54, 1.807) is 16.9 Å². The molecule has 1 aliphatic rings. The summed E-state index contributed by atoms with van der Waals surface area (Å²) in [6.07, 6.45) is 4.78. The zero-order valence-electron chi connectivity index (χ0n) is 8.58. The molecule has 0 aromatic carbocycles. The average Bonchev–Trinajstić information content (AvgIpc) is 2.50. The van der Waals surface area contributed by atoms with Crippen LogP contribution in [0.4, 0.5) is 0 Å². The van der Waals surface area contributed by atoms with E-state index in [4.69, 9.17) is 0 Å². The number of carbonyl (C=O) groups excluding carboxylic acids is 1. The van der Waals surface area contributed by atoms with Gasteiger partial charge in [0.25, 0.3) is 0 Å². The molecular weight excluding hydrogens is 178 g/mol. The summed E-state index contributed by atoms with van der Waals surface area (Å²) >= 11 is 0. The molecule has 14 heavy (non-hydrogen) atoms. The summed E-state index contributed by atoms with van der Waals surface area (Å²) in [6, 6.07) is 1.78. The Kier molecular flexibility index (Phi) is 2.15. The predicted molar refractivity (Wildman–Crippen MR) is 53.2 cm³/mol. The first kappa shape index (κ1) is 9.40. The van der Waals surface area contributed by atoms with Gasteiger partial charge in [-0.1, -0.05) is 0 Å². The number of ketones is 1. The molecule has 0 aliphatic heterocycles. The highest BCUT2D eigenvalue weighted by Gasteiger charge is 2.43. The Morgan fingerprint density at radius 3 is 2.71 bits per heavy atom. The number of nitrogens with zero attached hydrogens (tertiary/aromatic N) is 2. The van der Waals surface area contributed by atoms with Gasteiger partial charge in [0.1, 0.15) is 5.69 Å². The Balaban J connectivity index is 2.23. The van der Waals surface area contributed by atoms with Crippen LogP contribution in [0.5, 0.6) is 0 Å². The lowest BCUT2D eigenvalue weighted by molar-refractivity contribution is 0.0739. The number of rotatable bonds is 3. The number of Topliss-reactive ketones (excluding diaryl/α,β-unsaturated/α-hetero) is 1. The van der Waals surface area contributed by atoms with Crippen LogP contribution in [-0.4, -0.2) is 28.2 Å². The standard InChI is InChI=1S/C10H15N3O/c1-11-10(5-3-6-10)9(14)8-4-7-13(2)12-8/h4,7,11H,3,5-6H2,1-2H3. The van der Waals surface area contributed by atoms with Gasteiger partial charge in [0.2, 0.25) is 5.78 Å². The van der Waals surface area contributed by atoms with E-state index in [1.807, 2.05) is 14.1 Å². The molecule has 0 bridgehead atoms. The van der Waals surface area contributed by atoms with Gasteiger partial charge in [-0.2, -0.15) is 5.10 Å². The number of aromatic nitrogens is 2. The molecule has 0 spiro atoms. The molecule has 1 aliphatic carbocycles. The third-order valence-electron chi connectivity index (χ3n) is 3.07. The van der Waals surface area contributed by atoms with Gasteiger partial charge in [-0.25, -0.2) is 0 Å². The van der Waals surface area contributed by atoms with Gasteiger partial charge in [0.15, 0.2) is 0 Å². The maximum Gasteiger partial charge on any atom is 0.202 e. The second-order valence-corrected chi connectivity index (χ2v) is 3.89. The van der Waals surface area contributed by atoms with Gasteiger partial charge in [-0.3, -0.25) is 9.48 Å². The largest absolute Gasteiger partial charge is 0.308 e. The summed E-state index contributed by atoms with van der Waals surface area (Å²) < 4.78 is 1.66. The molecule has 0 amide bonds. The van der Waals surface area contributed by atoms with Crippen LogP contribution in [0.3, 0.4) is 0 Å². The molecule has 76 valence electrons. The van der Waals surface area contributed by atoms with Crippen LogP contribution in [0.2, 0.25) is 0 Å². The fraction of sp³-hybridized carbons (Fsp3) is 0.600. The second kappa shape index (κ2) is 3.20. The first-order valence-corrected chi connectivity index (χ1v) is 4.91. The van der Waals surface area contributed by atoms with E-state index in [1.165, 1.54) is 0 Å². The summed E-state index contributed by atoms with van der Waals surface area (Å²) in [5.41, 5.74) is 0.246. The second-order valence-electron chi connectivity index (χ2n) is 3.89. The van der Waals surface area contributed by atoms with Gasteiger partial charge in [-0.05, 0) is 32.4 Å². The summed E-state index contributed by atoms with van der Waals surface area (Å²) in [5, 5.41) is 7.26. The molecule has 1 saturated carbocycles. The van der Waals surface area contributed by atoms with Gasteiger partial charge in [0.05, 0.1) is 5.54 Å². The fourth-order valence-corrected chi connectivity index (χ4v) is 1.90. The van der Waals surface area contributed by atoms with Crippen molar-refractivity contribution in [3.05, 3.63) is 18.0 Å². The highest BCUT2D eigenvalue weighted by Crippen LogP contribution is 2.34. The summed E-state index contributed by atoms with van der Waals surface area (Å²) in [7, 11) is 3.67. The SMILES string of the molecule is CNC1(C(=O)c2ccn(C)n2)CCC1. The van der Waals surface area contributed by atoms with Crippen molar-refractivity contribution in [3.63, 3.8) is 0 Å². The Morgan fingerprint density at radius 2 is 2.36 bits per heavy atom. The lowest BCUT2D eigenvalue weighted by atomic mass is 9.73. The highest BCUT2D eigenvalue weighted by atomic mass is 16.1. The maximum absolute atomic E-state index is 12.1. The molecule has 0 atom stereocenters. The zero-order chi connectivity index (χ0) is 10.2. The molecule has 0 saturated heterocycles. The van der Waals surface area contributed by atoms with Gasteiger partial charge < -0.3 is 5.32 Å². The smallest absolute Gasteiger partial charge is 0.202 e. The first-order chi connectivity index (χ1) is 6.68. The number of hydrogen-bond acceptors (Lipinski definition) is 3. The van der Waals surface area contributed by atoms with Gasteiger partial charge in [-0.15, -0.1) is 0 Å². The lowest BCUT2D eigenvalue weighted by Gasteiger charge is -2.39. The molecule has 0 radical (unpaired) electrons. The molecule has 0 unspecified atom stereocenters. The van der Waals surface area contributed by atoms with Crippen LogP contribution in [-0.2, 0) is 7.05 Å². The van der Waals surface area contributed by atoms with Crippen LogP contribution < -0.4 is 5.32 Å². The van der Waals surface area contributed by atoms with Crippen molar-refractivity contribution in [2.45, 2.75) is 24.8 Å². The number of aryl methyl sites for hydroxylation is 1. The van der Waals surface area contributed by atoms with Gasteiger partial charge >= 0.3 is 0 Å². The fourth-order valence-electron chi connectivity index (χ4n) is 1.90. The van der Waals surface area contributed by atoms with E-state index in [9.17, 15) is 4.79 Å². The molecule has 4 heteroatoms. The van der Waals surface area contributed by atoms with Crippen LogP contribution in [0.15, 0.2) is 12.3 Å². The topological polar surface area (TPSA) is 46.9 Å². The minimum atomic E-state index is -0.325. The average molecular weight is 193 g/mol.